The first-order valence-electron chi connectivity index (χ1n) is 14.4. The number of aliphatic imine (C=N–C) groups is 1. The second-order valence-electron chi connectivity index (χ2n) is 11.1. The third-order valence-electron chi connectivity index (χ3n) is 8.21. The van der Waals surface area contributed by atoms with Gasteiger partial charge in [0.2, 0.25) is 0 Å². The van der Waals surface area contributed by atoms with Crippen LogP contribution in [0, 0.1) is 0 Å². The second-order valence-corrected chi connectivity index (χ2v) is 11.1. The SMILES string of the molecule is O=C1N=NC(c2cccc(-n3nc(C(F)(F)F)c4c3C(=O)N(c3ccc(-c5ccccc5CN5CC[C@@H](O)C5)cc3)CC4)c2)=N1. The van der Waals surface area contributed by atoms with E-state index in [1.807, 2.05) is 30.3 Å². The van der Waals surface area contributed by atoms with Gasteiger partial charge in [0.15, 0.2) is 11.5 Å². The van der Waals surface area contributed by atoms with Gasteiger partial charge in [0.1, 0.15) is 5.69 Å². The monoisotopic (exact) mass is 613 g/mol. The molecule has 0 radical (unpaired) electrons. The van der Waals surface area contributed by atoms with Gasteiger partial charge in [0.25, 0.3) is 5.91 Å². The largest absolute Gasteiger partial charge is 0.435 e. The highest BCUT2D eigenvalue weighted by Crippen LogP contribution is 2.38. The normalized spacial score (nSPS) is 18.5. The Morgan fingerprint density at radius 1 is 0.889 bits per heavy atom. The van der Waals surface area contributed by atoms with Crippen LogP contribution in [0.4, 0.5) is 23.7 Å². The van der Waals surface area contributed by atoms with Crippen molar-refractivity contribution in [3.63, 3.8) is 0 Å². The summed E-state index contributed by atoms with van der Waals surface area (Å²) in [5, 5.41) is 20.9. The van der Waals surface area contributed by atoms with Gasteiger partial charge in [-0.05, 0) is 53.8 Å². The first-order chi connectivity index (χ1) is 21.7. The molecule has 228 valence electrons. The van der Waals surface area contributed by atoms with Gasteiger partial charge in [0, 0.05) is 43.0 Å². The van der Waals surface area contributed by atoms with Crippen LogP contribution in [-0.4, -0.2) is 63.3 Å². The van der Waals surface area contributed by atoms with Crippen molar-refractivity contribution >= 4 is 23.5 Å². The molecule has 0 unspecified atom stereocenters. The Kier molecular flexibility index (Phi) is 7.13. The Hall–Kier alpha value is -5.01. The summed E-state index contributed by atoms with van der Waals surface area (Å²) in [7, 11) is 0. The average molecular weight is 614 g/mol. The second kappa shape index (κ2) is 11.2. The third-order valence-corrected chi connectivity index (χ3v) is 8.21. The molecule has 1 saturated heterocycles. The number of fused-ring (bicyclic) bond motifs is 1. The minimum atomic E-state index is -4.77. The van der Waals surface area contributed by atoms with Gasteiger partial charge in [-0.2, -0.15) is 23.3 Å². The Bertz CT molecular complexity index is 1880. The summed E-state index contributed by atoms with van der Waals surface area (Å²) in [6.07, 6.45) is -4.38. The van der Waals surface area contributed by atoms with Crippen LogP contribution in [-0.2, 0) is 19.1 Å². The maximum absolute atomic E-state index is 14.1. The van der Waals surface area contributed by atoms with E-state index in [9.17, 15) is 27.9 Å². The number of amidine groups is 1. The lowest BCUT2D eigenvalue weighted by Crippen LogP contribution is -2.39. The van der Waals surface area contributed by atoms with Crippen LogP contribution in [0.3, 0.4) is 0 Å². The van der Waals surface area contributed by atoms with Crippen molar-refractivity contribution in [1.82, 2.24) is 14.7 Å². The number of anilines is 1. The molecule has 1 N–H and O–H groups in total. The van der Waals surface area contributed by atoms with Crippen molar-refractivity contribution in [2.75, 3.05) is 24.5 Å². The van der Waals surface area contributed by atoms with Gasteiger partial charge >= 0.3 is 12.2 Å². The summed E-state index contributed by atoms with van der Waals surface area (Å²) in [6.45, 7) is 2.20. The van der Waals surface area contributed by atoms with Crippen molar-refractivity contribution in [3.8, 4) is 16.8 Å². The summed E-state index contributed by atoms with van der Waals surface area (Å²) in [4.78, 5) is 32.8. The van der Waals surface area contributed by atoms with Crippen molar-refractivity contribution < 1.29 is 27.9 Å². The summed E-state index contributed by atoms with van der Waals surface area (Å²) in [6, 6.07) is 20.7. The molecule has 1 aromatic heterocycles. The lowest BCUT2D eigenvalue weighted by atomic mass is 9.98. The number of amides is 3. The molecular formula is C32H26F3N7O3. The molecule has 0 aliphatic carbocycles. The number of urea groups is 1. The van der Waals surface area contributed by atoms with Gasteiger partial charge in [-0.3, -0.25) is 9.69 Å². The summed E-state index contributed by atoms with van der Waals surface area (Å²) >= 11 is 0. The highest BCUT2D eigenvalue weighted by Gasteiger charge is 2.43. The third kappa shape index (κ3) is 5.44. The Labute approximate surface area is 255 Å². The molecule has 10 nitrogen and oxygen atoms in total. The van der Waals surface area contributed by atoms with Gasteiger partial charge < -0.3 is 10.0 Å². The summed E-state index contributed by atoms with van der Waals surface area (Å²) in [5.74, 6) is -0.593. The number of hydrogen-bond donors (Lipinski definition) is 1. The molecule has 4 aromatic rings. The van der Waals surface area contributed by atoms with Crippen molar-refractivity contribution in [2.45, 2.75) is 31.7 Å². The predicted molar refractivity (Wildman–Crippen MR) is 159 cm³/mol. The molecule has 13 heteroatoms. The Balaban J connectivity index is 1.21. The minimum Gasteiger partial charge on any atom is -0.392 e. The van der Waals surface area contributed by atoms with Crippen LogP contribution < -0.4 is 4.90 Å². The van der Waals surface area contributed by atoms with Crippen LogP contribution >= 0.6 is 0 Å². The molecule has 3 aromatic carbocycles. The van der Waals surface area contributed by atoms with E-state index in [0.29, 0.717) is 24.3 Å². The van der Waals surface area contributed by atoms with Crippen LogP contribution in [0.2, 0.25) is 0 Å². The molecule has 3 aliphatic heterocycles. The van der Waals surface area contributed by atoms with Crippen LogP contribution in [0.5, 0.6) is 0 Å². The molecule has 3 aliphatic rings. The molecule has 7 rings (SSSR count). The van der Waals surface area contributed by atoms with E-state index in [2.05, 4.69) is 31.3 Å². The number of aliphatic hydroxyl groups excluding tert-OH is 1. The molecule has 3 amide bonds. The van der Waals surface area contributed by atoms with Gasteiger partial charge in [-0.25, -0.2) is 9.48 Å². The van der Waals surface area contributed by atoms with Gasteiger partial charge in [-0.1, -0.05) is 53.6 Å². The molecule has 1 fully saturated rings. The van der Waals surface area contributed by atoms with E-state index >= 15 is 0 Å². The number of azo groups is 1. The number of aliphatic hydroxyl groups is 1. The van der Waals surface area contributed by atoms with E-state index in [1.54, 1.807) is 24.3 Å². The number of likely N-dealkylation sites (tertiary alicyclic amines) is 1. The van der Waals surface area contributed by atoms with E-state index in [0.717, 1.165) is 34.3 Å². The fourth-order valence-corrected chi connectivity index (χ4v) is 6.10. The van der Waals surface area contributed by atoms with E-state index in [-0.39, 0.29) is 41.8 Å². The number of β-amino-alcohol motifs (C(OH)–C–C–N with tert-alkyl or cyclic N) is 1. The van der Waals surface area contributed by atoms with Gasteiger partial charge in [0.05, 0.1) is 11.8 Å². The Morgan fingerprint density at radius 2 is 1.69 bits per heavy atom. The van der Waals surface area contributed by atoms with E-state index in [1.165, 1.54) is 17.0 Å². The first kappa shape index (κ1) is 28.7. The number of aromatic nitrogens is 2. The summed E-state index contributed by atoms with van der Waals surface area (Å²) < 4.78 is 43.3. The highest BCUT2D eigenvalue weighted by molar-refractivity contribution is 6.09. The molecule has 4 heterocycles. The number of nitrogens with zero attached hydrogens (tertiary/aromatic N) is 7. The molecule has 45 heavy (non-hydrogen) atoms. The van der Waals surface area contributed by atoms with E-state index < -0.39 is 23.8 Å². The number of carbonyl (C=O) groups is 2. The number of carbonyl (C=O) groups excluding carboxylic acids is 2. The number of hydrogen-bond acceptors (Lipinski definition) is 6. The Morgan fingerprint density at radius 3 is 2.40 bits per heavy atom. The predicted octanol–water partition coefficient (Wildman–Crippen LogP) is 5.66. The fourth-order valence-electron chi connectivity index (χ4n) is 6.10. The maximum atomic E-state index is 14.1. The standard InChI is InChI=1S/C32H26F3N7O3/c33-32(34,35)28-26-13-15-41(30(44)27(26)42(39-28)23-6-3-5-20(16-23)29-36-31(45)38-37-29)22-10-8-19(9-11-22)25-7-2-1-4-21(25)17-40-14-12-24(43)18-40/h1-11,16,24,43H,12-15,17-18H2/t24-/m1/s1. The van der Waals surface area contributed by atoms with Crippen LogP contribution in [0.25, 0.3) is 16.8 Å². The van der Waals surface area contributed by atoms with Crippen LogP contribution in [0.15, 0.2) is 88.0 Å². The maximum Gasteiger partial charge on any atom is 0.435 e. The molecule has 0 bridgehead atoms. The first-order valence-corrected chi connectivity index (χ1v) is 14.4. The van der Waals surface area contributed by atoms with Gasteiger partial charge in [-0.15, -0.1) is 5.11 Å². The van der Waals surface area contributed by atoms with Crippen molar-refractivity contribution in [2.24, 2.45) is 15.2 Å². The smallest absolute Gasteiger partial charge is 0.392 e. The number of rotatable bonds is 6. The zero-order valence-corrected chi connectivity index (χ0v) is 23.8. The number of alkyl halides is 3. The fraction of sp³-hybridized carbons (Fsp3) is 0.250. The molecule has 0 saturated carbocycles. The van der Waals surface area contributed by atoms with E-state index in [4.69, 9.17) is 0 Å². The zero-order valence-electron chi connectivity index (χ0n) is 23.8. The van der Waals surface area contributed by atoms with Crippen molar-refractivity contribution in [1.29, 1.82) is 0 Å². The topological polar surface area (TPSA) is 116 Å². The van der Waals surface area contributed by atoms with Crippen molar-refractivity contribution in [3.05, 3.63) is 101 Å². The number of halogens is 3. The number of benzene rings is 3. The zero-order chi connectivity index (χ0) is 31.3. The van der Waals surface area contributed by atoms with Crippen LogP contribution in [0.1, 0.15) is 39.3 Å². The quantitative estimate of drug-likeness (QED) is 0.301. The average Bonchev–Trinajstić information content (AvgIpc) is 3.76. The highest BCUT2D eigenvalue weighted by atomic mass is 19.4. The molecule has 0 spiro atoms. The minimum absolute atomic E-state index is 0.0200. The molecular weight excluding hydrogens is 587 g/mol. The lowest BCUT2D eigenvalue weighted by Gasteiger charge is -2.28. The molecule has 1 atom stereocenters. The lowest BCUT2D eigenvalue weighted by molar-refractivity contribution is -0.141. The summed E-state index contributed by atoms with van der Waals surface area (Å²) in [5.41, 5.74) is 2.69.